The highest BCUT2D eigenvalue weighted by Gasteiger charge is 2.42. The van der Waals surface area contributed by atoms with Crippen LogP contribution in [0.4, 0.5) is 10.8 Å². The molecular formula is C18H18N8OS. The molecule has 5 heterocycles. The minimum absolute atomic E-state index is 0.199. The van der Waals surface area contributed by atoms with Gasteiger partial charge in [0, 0.05) is 24.3 Å². The summed E-state index contributed by atoms with van der Waals surface area (Å²) >= 11 is 1.45. The minimum atomic E-state index is -0.521. The third kappa shape index (κ3) is 2.66. The van der Waals surface area contributed by atoms with Gasteiger partial charge in [-0.3, -0.25) is 4.79 Å². The first-order chi connectivity index (χ1) is 13.6. The van der Waals surface area contributed by atoms with Crippen molar-refractivity contribution < 1.29 is 4.79 Å². The van der Waals surface area contributed by atoms with Crippen LogP contribution < -0.4 is 16.0 Å². The van der Waals surface area contributed by atoms with Crippen molar-refractivity contribution in [2.75, 3.05) is 10.2 Å². The highest BCUT2D eigenvalue weighted by Crippen LogP contribution is 2.42. The Kier molecular flexibility index (Phi) is 3.91. The van der Waals surface area contributed by atoms with Gasteiger partial charge in [-0.2, -0.15) is 5.26 Å². The van der Waals surface area contributed by atoms with Gasteiger partial charge in [0.15, 0.2) is 10.8 Å². The number of nitrogens with one attached hydrogen (secondary N) is 2. The molecule has 2 fully saturated rings. The van der Waals surface area contributed by atoms with Crippen molar-refractivity contribution in [1.29, 1.82) is 5.26 Å². The molecule has 9 nitrogen and oxygen atoms in total. The number of nitrogens with zero attached hydrogens (tertiary/aromatic N) is 5. The Morgan fingerprint density at radius 1 is 1.29 bits per heavy atom. The van der Waals surface area contributed by atoms with Gasteiger partial charge in [0.05, 0.1) is 23.8 Å². The van der Waals surface area contributed by atoms with Crippen LogP contribution >= 0.6 is 11.3 Å². The molecule has 0 spiro atoms. The van der Waals surface area contributed by atoms with Crippen LogP contribution in [0, 0.1) is 11.3 Å². The number of carbonyl (C=O) groups is 1. The molecule has 4 N–H and O–H groups in total. The molecule has 10 heteroatoms. The van der Waals surface area contributed by atoms with Crippen LogP contribution in [0.1, 0.15) is 40.9 Å². The summed E-state index contributed by atoms with van der Waals surface area (Å²) in [5, 5.41) is 13.5. The van der Waals surface area contributed by atoms with Crippen molar-refractivity contribution >= 4 is 39.2 Å². The van der Waals surface area contributed by atoms with E-state index in [0.29, 0.717) is 39.4 Å². The number of hydrogen-bond donors (Lipinski definition) is 3. The summed E-state index contributed by atoms with van der Waals surface area (Å²) in [6.45, 7) is 0. The number of carbonyl (C=O) groups excluding carboxylic acids is 1. The van der Waals surface area contributed by atoms with Crippen LogP contribution in [-0.2, 0) is 0 Å². The van der Waals surface area contributed by atoms with E-state index in [2.05, 4.69) is 36.2 Å². The fraction of sp³-hybridized carbons (Fsp3) is 0.389. The Hall–Kier alpha value is -3.19. The number of nitrogens with two attached hydrogens (primary N) is 1. The molecule has 5 rings (SSSR count). The van der Waals surface area contributed by atoms with E-state index in [1.54, 1.807) is 12.5 Å². The maximum Gasteiger partial charge on any atom is 0.252 e. The van der Waals surface area contributed by atoms with Gasteiger partial charge in [-0.1, -0.05) is 11.3 Å². The Balaban J connectivity index is 1.41. The number of aromatic nitrogens is 4. The average Bonchev–Trinajstić information content (AvgIpc) is 3.39. The van der Waals surface area contributed by atoms with E-state index in [-0.39, 0.29) is 6.04 Å². The quantitative estimate of drug-likeness (QED) is 0.615. The number of anilines is 2. The summed E-state index contributed by atoms with van der Waals surface area (Å²) in [6, 6.07) is 3.09. The lowest BCUT2D eigenvalue weighted by Gasteiger charge is -2.39. The zero-order chi connectivity index (χ0) is 19.3. The number of amides is 1. The second-order valence-corrected chi connectivity index (χ2v) is 8.24. The smallest absolute Gasteiger partial charge is 0.252 e. The van der Waals surface area contributed by atoms with Gasteiger partial charge in [0.1, 0.15) is 16.5 Å². The van der Waals surface area contributed by atoms with Crippen molar-refractivity contribution in [1.82, 2.24) is 19.9 Å². The third-order valence-electron chi connectivity index (χ3n) is 5.62. The Bertz CT molecular complexity index is 1080. The maximum absolute atomic E-state index is 11.9. The summed E-state index contributed by atoms with van der Waals surface area (Å²) in [7, 11) is 0. The first-order valence-electron chi connectivity index (χ1n) is 9.16. The van der Waals surface area contributed by atoms with Crippen molar-refractivity contribution in [2.24, 2.45) is 5.73 Å². The number of rotatable bonds is 4. The largest absolute Gasteiger partial charge is 0.380 e. The summed E-state index contributed by atoms with van der Waals surface area (Å²) in [6.07, 6.45) is 8.74. The number of hydrogen-bond acceptors (Lipinski definition) is 8. The van der Waals surface area contributed by atoms with Crippen LogP contribution in [0.15, 0.2) is 18.7 Å². The van der Waals surface area contributed by atoms with E-state index in [1.165, 1.54) is 17.5 Å². The number of primary amides is 1. The van der Waals surface area contributed by atoms with E-state index in [9.17, 15) is 4.79 Å². The molecule has 0 unspecified atom stereocenters. The van der Waals surface area contributed by atoms with Crippen LogP contribution in [0.3, 0.4) is 0 Å². The lowest BCUT2D eigenvalue weighted by atomic mass is 9.97. The standard InChI is InChI=1S/C18H18N8OS/c19-5-12-6-22-18(28-12)26-10-1-2-11(26)4-9(3-10)25-14-13(16(20)27)7-21-17-15(14)23-8-24-17/h6-11H,1-4H2,(H2,20,27)(H2,21,23,24,25)/t9-,10-,11+. The molecule has 2 aliphatic heterocycles. The number of H-pyrrole nitrogens is 1. The molecule has 0 saturated carbocycles. The Labute approximate surface area is 164 Å². The summed E-state index contributed by atoms with van der Waals surface area (Å²) < 4.78 is 0. The molecule has 0 aliphatic carbocycles. The number of pyridine rings is 1. The van der Waals surface area contributed by atoms with Gasteiger partial charge in [0.25, 0.3) is 5.91 Å². The lowest BCUT2D eigenvalue weighted by molar-refractivity contribution is 0.100. The predicted molar refractivity (Wildman–Crippen MR) is 105 cm³/mol. The maximum atomic E-state index is 11.9. The van der Waals surface area contributed by atoms with E-state index >= 15 is 0 Å². The monoisotopic (exact) mass is 394 g/mol. The number of imidazole rings is 1. The third-order valence-corrected chi connectivity index (χ3v) is 6.54. The van der Waals surface area contributed by atoms with Crippen molar-refractivity contribution in [2.45, 2.75) is 43.8 Å². The average molecular weight is 394 g/mol. The number of aromatic amines is 1. The predicted octanol–water partition coefficient (Wildman–Crippen LogP) is 2.00. The molecule has 2 aliphatic rings. The molecule has 3 aromatic heterocycles. The molecule has 0 radical (unpaired) electrons. The van der Waals surface area contributed by atoms with Crippen LogP contribution in [-0.4, -0.2) is 44.0 Å². The normalized spacial score (nSPS) is 23.7. The van der Waals surface area contributed by atoms with Crippen molar-refractivity contribution in [3.05, 3.63) is 29.2 Å². The van der Waals surface area contributed by atoms with Gasteiger partial charge < -0.3 is 20.9 Å². The fourth-order valence-electron chi connectivity index (χ4n) is 4.47. The number of nitriles is 1. The molecule has 142 valence electrons. The molecule has 3 aromatic rings. The van der Waals surface area contributed by atoms with Gasteiger partial charge in [-0.25, -0.2) is 15.0 Å². The lowest BCUT2D eigenvalue weighted by Crippen LogP contribution is -2.47. The molecule has 0 aromatic carbocycles. The Morgan fingerprint density at radius 2 is 2.07 bits per heavy atom. The number of piperidine rings is 1. The van der Waals surface area contributed by atoms with Gasteiger partial charge in [-0.15, -0.1) is 0 Å². The number of thiazole rings is 1. The zero-order valence-electron chi connectivity index (χ0n) is 14.9. The molecule has 2 saturated heterocycles. The Morgan fingerprint density at radius 3 is 2.75 bits per heavy atom. The summed E-state index contributed by atoms with van der Waals surface area (Å²) in [4.78, 5) is 30.9. The molecule has 28 heavy (non-hydrogen) atoms. The number of fused-ring (bicyclic) bond motifs is 3. The van der Waals surface area contributed by atoms with E-state index in [1.807, 2.05) is 0 Å². The van der Waals surface area contributed by atoms with E-state index < -0.39 is 5.91 Å². The van der Waals surface area contributed by atoms with Gasteiger partial charge in [-0.05, 0) is 25.7 Å². The van der Waals surface area contributed by atoms with E-state index in [0.717, 1.165) is 30.8 Å². The minimum Gasteiger partial charge on any atom is -0.380 e. The molecule has 3 atom stereocenters. The van der Waals surface area contributed by atoms with Crippen molar-refractivity contribution in [3.63, 3.8) is 0 Å². The van der Waals surface area contributed by atoms with Crippen LogP contribution in [0.5, 0.6) is 0 Å². The van der Waals surface area contributed by atoms with Crippen LogP contribution in [0.2, 0.25) is 0 Å². The SMILES string of the molecule is N#Cc1cnc(N2[C@@H]3CC[C@H]2C[C@H](Nc2c(C(N)=O)cnc4[nH]cnc24)C3)s1. The second kappa shape index (κ2) is 6.45. The van der Waals surface area contributed by atoms with Crippen LogP contribution in [0.25, 0.3) is 11.2 Å². The zero-order valence-corrected chi connectivity index (χ0v) is 15.7. The summed E-state index contributed by atoms with van der Waals surface area (Å²) in [5.74, 6) is -0.521. The first-order valence-corrected chi connectivity index (χ1v) is 9.98. The highest BCUT2D eigenvalue weighted by atomic mass is 32.1. The molecule has 1 amide bonds. The van der Waals surface area contributed by atoms with E-state index in [4.69, 9.17) is 11.0 Å². The molecule has 2 bridgehead atoms. The fourth-order valence-corrected chi connectivity index (χ4v) is 5.33. The van der Waals surface area contributed by atoms with Gasteiger partial charge in [0.2, 0.25) is 0 Å². The summed E-state index contributed by atoms with van der Waals surface area (Å²) in [5.41, 5.74) is 7.82. The highest BCUT2D eigenvalue weighted by molar-refractivity contribution is 7.16. The second-order valence-electron chi connectivity index (χ2n) is 7.23. The van der Waals surface area contributed by atoms with Crippen molar-refractivity contribution in [3.8, 4) is 6.07 Å². The molecular weight excluding hydrogens is 376 g/mol. The topological polar surface area (TPSA) is 137 Å². The first kappa shape index (κ1) is 16.9. The van der Waals surface area contributed by atoms with Gasteiger partial charge >= 0.3 is 0 Å².